The van der Waals surface area contributed by atoms with E-state index in [9.17, 15) is 4.79 Å². The topological polar surface area (TPSA) is 54.9 Å². The number of carbonyl (C=O) groups is 1. The van der Waals surface area contributed by atoms with Crippen molar-refractivity contribution in [1.29, 1.82) is 0 Å². The second-order valence-corrected chi connectivity index (χ2v) is 8.65. The number of likely N-dealkylation sites (N-methyl/N-ethyl adjacent to an activating group) is 1. The third-order valence-corrected chi connectivity index (χ3v) is 6.15. The van der Waals surface area contributed by atoms with E-state index >= 15 is 0 Å². The Hall–Kier alpha value is -2.35. The van der Waals surface area contributed by atoms with Crippen LogP contribution in [-0.4, -0.2) is 56.2 Å². The van der Waals surface area contributed by atoms with Gasteiger partial charge in [-0.2, -0.15) is 0 Å². The molecule has 174 valence electrons. The molecular weight excluding hydrogens is 446 g/mol. The van der Waals surface area contributed by atoms with Gasteiger partial charge >= 0.3 is 0 Å². The van der Waals surface area contributed by atoms with Crippen molar-refractivity contribution in [3.63, 3.8) is 0 Å². The molecule has 3 rings (SSSR count). The number of hydrogen-bond donors (Lipinski definition) is 0. The summed E-state index contributed by atoms with van der Waals surface area (Å²) < 4.78 is 12.5. The van der Waals surface area contributed by atoms with E-state index < -0.39 is 0 Å². The minimum absolute atomic E-state index is 0. The second-order valence-electron chi connectivity index (χ2n) is 7.64. The molecule has 0 aliphatic heterocycles. The molecule has 3 aromatic rings. The summed E-state index contributed by atoms with van der Waals surface area (Å²) in [6, 6.07) is 9.55. The SMILES string of the molecule is CCOc1ccc(C(=O)N(CCN(C)C)c2nc3c(C)c(C)ccc3s2)cc1OCC.Cl. The zero-order chi connectivity index (χ0) is 22.5. The third-order valence-electron chi connectivity index (χ3n) is 5.11. The Balaban J connectivity index is 0.00000363. The van der Waals surface area contributed by atoms with Gasteiger partial charge in [-0.3, -0.25) is 9.69 Å². The molecule has 1 aromatic heterocycles. The van der Waals surface area contributed by atoms with Gasteiger partial charge in [0.1, 0.15) is 0 Å². The lowest BCUT2D eigenvalue weighted by Gasteiger charge is -2.22. The predicted octanol–water partition coefficient (Wildman–Crippen LogP) is 5.34. The summed E-state index contributed by atoms with van der Waals surface area (Å²) in [6.07, 6.45) is 0. The minimum Gasteiger partial charge on any atom is -0.490 e. The van der Waals surface area contributed by atoms with E-state index in [1.165, 1.54) is 5.56 Å². The van der Waals surface area contributed by atoms with Gasteiger partial charge in [0, 0.05) is 18.7 Å². The number of thiazole rings is 1. The van der Waals surface area contributed by atoms with Crippen LogP contribution in [0.4, 0.5) is 5.13 Å². The monoisotopic (exact) mass is 477 g/mol. The quantitative estimate of drug-likeness (QED) is 0.416. The summed E-state index contributed by atoms with van der Waals surface area (Å²) in [5, 5.41) is 0.711. The molecule has 0 saturated heterocycles. The summed E-state index contributed by atoms with van der Waals surface area (Å²) in [6.45, 7) is 10.3. The van der Waals surface area contributed by atoms with Gasteiger partial charge in [0.25, 0.3) is 5.91 Å². The number of ether oxygens (including phenoxy) is 2. The average molecular weight is 478 g/mol. The minimum atomic E-state index is -0.0979. The average Bonchev–Trinajstić information content (AvgIpc) is 3.17. The van der Waals surface area contributed by atoms with Crippen LogP contribution in [0.1, 0.15) is 35.3 Å². The van der Waals surface area contributed by atoms with Crippen molar-refractivity contribution in [2.24, 2.45) is 0 Å². The normalized spacial score (nSPS) is 10.8. The molecule has 1 amide bonds. The number of fused-ring (bicyclic) bond motifs is 1. The number of aromatic nitrogens is 1. The first-order chi connectivity index (χ1) is 14.8. The van der Waals surface area contributed by atoms with Gasteiger partial charge in [0.2, 0.25) is 0 Å². The Morgan fingerprint density at radius 3 is 2.34 bits per heavy atom. The fraction of sp³-hybridized carbons (Fsp3) is 0.417. The summed E-state index contributed by atoms with van der Waals surface area (Å²) in [4.78, 5) is 22.3. The summed E-state index contributed by atoms with van der Waals surface area (Å²) in [5.74, 6) is 1.13. The molecular formula is C24H32ClN3O3S. The lowest BCUT2D eigenvalue weighted by atomic mass is 10.1. The summed E-state index contributed by atoms with van der Waals surface area (Å²) in [5.41, 5.74) is 3.87. The van der Waals surface area contributed by atoms with Crippen LogP contribution in [-0.2, 0) is 0 Å². The molecule has 0 saturated carbocycles. The maximum absolute atomic E-state index is 13.6. The molecule has 0 aliphatic carbocycles. The smallest absolute Gasteiger partial charge is 0.260 e. The number of aryl methyl sites for hydroxylation is 2. The van der Waals surface area contributed by atoms with E-state index in [2.05, 4.69) is 30.9 Å². The van der Waals surface area contributed by atoms with Gasteiger partial charge in [0.15, 0.2) is 16.6 Å². The van der Waals surface area contributed by atoms with E-state index in [0.717, 1.165) is 22.3 Å². The predicted molar refractivity (Wildman–Crippen MR) is 135 cm³/mol. The molecule has 2 aromatic carbocycles. The van der Waals surface area contributed by atoms with E-state index in [1.807, 2.05) is 27.9 Å². The number of benzene rings is 2. The van der Waals surface area contributed by atoms with Crippen LogP contribution in [0.3, 0.4) is 0 Å². The van der Waals surface area contributed by atoms with Crippen molar-refractivity contribution in [1.82, 2.24) is 9.88 Å². The number of halogens is 1. The Morgan fingerprint density at radius 1 is 1.00 bits per heavy atom. The number of anilines is 1. The Morgan fingerprint density at radius 2 is 1.69 bits per heavy atom. The molecule has 0 spiro atoms. The van der Waals surface area contributed by atoms with Crippen molar-refractivity contribution in [2.75, 3.05) is 45.3 Å². The first kappa shape index (κ1) is 25.9. The molecule has 0 N–H and O–H groups in total. The van der Waals surface area contributed by atoms with E-state index in [4.69, 9.17) is 14.5 Å². The molecule has 8 heteroatoms. The van der Waals surface area contributed by atoms with E-state index in [1.54, 1.807) is 34.4 Å². The summed E-state index contributed by atoms with van der Waals surface area (Å²) in [7, 11) is 4.00. The number of hydrogen-bond acceptors (Lipinski definition) is 6. The number of nitrogens with zero attached hydrogens (tertiary/aromatic N) is 3. The van der Waals surface area contributed by atoms with Gasteiger partial charge < -0.3 is 14.4 Å². The zero-order valence-corrected chi connectivity index (χ0v) is 21.2. The van der Waals surface area contributed by atoms with Gasteiger partial charge in [0.05, 0.1) is 23.4 Å². The fourth-order valence-corrected chi connectivity index (χ4v) is 4.30. The first-order valence-electron chi connectivity index (χ1n) is 10.6. The highest BCUT2D eigenvalue weighted by Gasteiger charge is 2.23. The zero-order valence-electron chi connectivity index (χ0n) is 19.6. The van der Waals surface area contributed by atoms with Gasteiger partial charge in [-0.1, -0.05) is 17.4 Å². The maximum atomic E-state index is 13.6. The third kappa shape index (κ3) is 5.71. The largest absolute Gasteiger partial charge is 0.490 e. The first-order valence-corrected chi connectivity index (χ1v) is 11.4. The van der Waals surface area contributed by atoms with Crippen molar-refractivity contribution in [3.05, 3.63) is 47.0 Å². The van der Waals surface area contributed by atoms with Crippen LogP contribution >= 0.6 is 23.7 Å². The molecule has 32 heavy (non-hydrogen) atoms. The van der Waals surface area contributed by atoms with Crippen LogP contribution in [0, 0.1) is 13.8 Å². The standard InChI is InChI=1S/C24H31N3O3S.ClH/c1-7-29-19-11-10-18(15-20(19)30-8-2)23(28)27(14-13-26(5)6)24-25-22-17(4)16(3)9-12-21(22)31-24;/h9-12,15H,7-8,13-14H2,1-6H3;1H. The Bertz CT molecular complexity index is 1070. The molecule has 0 bridgehead atoms. The molecule has 0 atom stereocenters. The second kappa shape index (κ2) is 11.5. The van der Waals surface area contributed by atoms with Crippen LogP contribution in [0.2, 0.25) is 0 Å². The van der Waals surface area contributed by atoms with Crippen LogP contribution in [0.5, 0.6) is 11.5 Å². The lowest BCUT2D eigenvalue weighted by molar-refractivity contribution is 0.0984. The van der Waals surface area contributed by atoms with Gasteiger partial charge in [-0.05, 0) is 77.2 Å². The lowest BCUT2D eigenvalue weighted by Crippen LogP contribution is -2.36. The fourth-order valence-electron chi connectivity index (χ4n) is 3.25. The van der Waals surface area contributed by atoms with E-state index in [-0.39, 0.29) is 18.3 Å². The summed E-state index contributed by atoms with van der Waals surface area (Å²) >= 11 is 1.55. The molecule has 0 unspecified atom stereocenters. The molecule has 0 fully saturated rings. The number of amides is 1. The Labute approximate surface area is 200 Å². The molecule has 0 aliphatic rings. The highest BCUT2D eigenvalue weighted by atomic mass is 35.5. The molecule has 6 nitrogen and oxygen atoms in total. The van der Waals surface area contributed by atoms with Crippen molar-refractivity contribution >= 4 is 45.0 Å². The molecule has 0 radical (unpaired) electrons. The molecule has 1 heterocycles. The van der Waals surface area contributed by atoms with Crippen molar-refractivity contribution < 1.29 is 14.3 Å². The number of rotatable bonds is 9. The van der Waals surface area contributed by atoms with Crippen molar-refractivity contribution in [3.8, 4) is 11.5 Å². The van der Waals surface area contributed by atoms with E-state index in [0.29, 0.717) is 42.0 Å². The van der Waals surface area contributed by atoms with Crippen LogP contribution in [0.15, 0.2) is 30.3 Å². The van der Waals surface area contributed by atoms with Crippen molar-refractivity contribution in [2.45, 2.75) is 27.7 Å². The number of carbonyl (C=O) groups excluding carboxylic acids is 1. The highest BCUT2D eigenvalue weighted by molar-refractivity contribution is 7.22. The van der Waals surface area contributed by atoms with Gasteiger partial charge in [-0.15, -0.1) is 12.4 Å². The van der Waals surface area contributed by atoms with Crippen LogP contribution < -0.4 is 14.4 Å². The maximum Gasteiger partial charge on any atom is 0.260 e. The van der Waals surface area contributed by atoms with Gasteiger partial charge in [-0.25, -0.2) is 4.98 Å². The Kier molecular flexibility index (Phi) is 9.31. The van der Waals surface area contributed by atoms with Crippen LogP contribution in [0.25, 0.3) is 10.2 Å². The highest BCUT2D eigenvalue weighted by Crippen LogP contribution is 2.34.